The predicted molar refractivity (Wildman–Crippen MR) is 183 cm³/mol. The van der Waals surface area contributed by atoms with E-state index >= 15 is 0 Å². The van der Waals surface area contributed by atoms with Gasteiger partial charge in [0.2, 0.25) is 5.91 Å². The van der Waals surface area contributed by atoms with Crippen molar-refractivity contribution in [1.82, 2.24) is 10.3 Å². The van der Waals surface area contributed by atoms with Gasteiger partial charge in [-0.3, -0.25) is 9.35 Å². The van der Waals surface area contributed by atoms with E-state index in [-0.39, 0.29) is 18.9 Å². The Morgan fingerprint density at radius 2 is 1.58 bits per heavy atom. The zero-order valence-electron chi connectivity index (χ0n) is 26.3. The first-order valence-electron chi connectivity index (χ1n) is 15.8. The molecular formula is C33H50N4O6S2. The summed E-state index contributed by atoms with van der Waals surface area (Å²) in [6.07, 6.45) is 12.4. The zero-order chi connectivity index (χ0) is 32.8. The van der Waals surface area contributed by atoms with Crippen molar-refractivity contribution >= 4 is 38.5 Å². The van der Waals surface area contributed by atoms with E-state index in [1.54, 1.807) is 5.38 Å². The number of rotatable bonds is 21. The largest absolute Gasteiger partial charge is 0.397 e. The van der Waals surface area contributed by atoms with Gasteiger partial charge < -0.3 is 21.5 Å². The van der Waals surface area contributed by atoms with Gasteiger partial charge in [0, 0.05) is 17.6 Å². The summed E-state index contributed by atoms with van der Waals surface area (Å²) in [5.74, 6) is -0.116. The van der Waals surface area contributed by atoms with Crippen molar-refractivity contribution < 1.29 is 27.1 Å². The third kappa shape index (κ3) is 19.3. The van der Waals surface area contributed by atoms with Crippen molar-refractivity contribution in [2.75, 3.05) is 30.7 Å². The topological polar surface area (TPSA) is 164 Å². The summed E-state index contributed by atoms with van der Waals surface area (Å²) in [5, 5.41) is 18.5. The number of carbonyl (C=O) groups excluding carboxylic acids is 1. The van der Waals surface area contributed by atoms with Crippen LogP contribution >= 0.6 is 11.3 Å². The molecule has 0 spiro atoms. The molecule has 3 rings (SSSR count). The lowest BCUT2D eigenvalue weighted by Crippen LogP contribution is -2.23. The fourth-order valence-corrected chi connectivity index (χ4v) is 5.44. The molecule has 45 heavy (non-hydrogen) atoms. The minimum atomic E-state index is -4.23. The van der Waals surface area contributed by atoms with Crippen LogP contribution in [0.4, 0.5) is 10.8 Å². The second-order valence-corrected chi connectivity index (χ2v) is 12.9. The van der Waals surface area contributed by atoms with E-state index in [1.165, 1.54) is 56.3 Å². The van der Waals surface area contributed by atoms with Crippen LogP contribution in [0, 0.1) is 0 Å². The van der Waals surface area contributed by atoms with Gasteiger partial charge in [-0.25, -0.2) is 9.17 Å². The quantitative estimate of drug-likeness (QED) is 0.0633. The Labute approximate surface area is 272 Å². The first kappa shape index (κ1) is 38.3. The molecule has 1 aromatic heterocycles. The van der Waals surface area contributed by atoms with Crippen LogP contribution in [0.1, 0.15) is 94.1 Å². The molecule has 1 heterocycles. The van der Waals surface area contributed by atoms with E-state index in [1.807, 2.05) is 54.6 Å². The van der Waals surface area contributed by atoms with Gasteiger partial charge in [-0.15, -0.1) is 11.3 Å². The Morgan fingerprint density at radius 3 is 2.16 bits per heavy atom. The minimum absolute atomic E-state index is 0.0926. The van der Waals surface area contributed by atoms with E-state index in [4.69, 9.17) is 10.3 Å². The highest BCUT2D eigenvalue weighted by atomic mass is 32.3. The van der Waals surface area contributed by atoms with Crippen LogP contribution in [-0.2, 0) is 32.2 Å². The fraction of sp³-hybridized carbons (Fsp3) is 0.515. The average Bonchev–Trinajstić information content (AvgIpc) is 3.43. The van der Waals surface area contributed by atoms with Crippen molar-refractivity contribution in [1.29, 1.82) is 0 Å². The molecule has 2 aromatic carbocycles. The third-order valence-electron chi connectivity index (χ3n) is 6.99. The first-order chi connectivity index (χ1) is 21.7. The number of aliphatic hydroxyl groups excluding tert-OH is 1. The molecule has 0 saturated carbocycles. The van der Waals surface area contributed by atoms with Gasteiger partial charge >= 0.3 is 10.4 Å². The fourth-order valence-electron chi connectivity index (χ4n) is 4.55. The van der Waals surface area contributed by atoms with Crippen LogP contribution in [-0.4, -0.2) is 48.7 Å². The number of amides is 1. The van der Waals surface area contributed by atoms with E-state index in [2.05, 4.69) is 26.7 Å². The minimum Gasteiger partial charge on any atom is -0.387 e. The summed E-state index contributed by atoms with van der Waals surface area (Å²) in [6.45, 7) is 3.59. The molecule has 0 unspecified atom stereocenters. The molecule has 0 saturated heterocycles. The monoisotopic (exact) mass is 662 g/mol. The number of carbonyl (C=O) groups is 1. The molecule has 6 N–H and O–H groups in total. The highest BCUT2D eigenvalue weighted by molar-refractivity contribution is 7.80. The summed E-state index contributed by atoms with van der Waals surface area (Å²) >= 11 is 1.33. The van der Waals surface area contributed by atoms with Crippen LogP contribution in [0.25, 0.3) is 0 Å². The lowest BCUT2D eigenvalue weighted by atomic mass is 10.1. The summed E-state index contributed by atoms with van der Waals surface area (Å²) in [5.41, 5.74) is 9.08. The van der Waals surface area contributed by atoms with Gasteiger partial charge in [-0.1, -0.05) is 107 Å². The van der Waals surface area contributed by atoms with Crippen molar-refractivity contribution in [2.45, 2.75) is 90.1 Å². The number of thiazole rings is 1. The molecule has 0 radical (unpaired) electrons. The SMILES string of the molecule is CCCCCCCCCCCCOS(=O)(=O)O.Nc1nc(CC(=O)Nc2ccc(CCNC[C@H](O)c3ccccc3)cc2)cs1. The summed E-state index contributed by atoms with van der Waals surface area (Å²) in [7, 11) is -4.23. The number of hydrogen-bond donors (Lipinski definition) is 5. The Morgan fingerprint density at radius 1 is 0.956 bits per heavy atom. The summed E-state index contributed by atoms with van der Waals surface area (Å²) in [4.78, 5) is 16.1. The number of aromatic nitrogens is 1. The molecule has 0 fully saturated rings. The Kier molecular flexibility index (Phi) is 19.2. The second-order valence-electron chi connectivity index (χ2n) is 10.9. The molecule has 10 nitrogen and oxygen atoms in total. The normalized spacial score (nSPS) is 11.9. The number of nitrogens with zero attached hydrogens (tertiary/aromatic N) is 1. The first-order valence-corrected chi connectivity index (χ1v) is 18.0. The molecule has 0 aliphatic rings. The number of nitrogens with one attached hydrogen (secondary N) is 2. The van der Waals surface area contributed by atoms with E-state index in [0.717, 1.165) is 42.6 Å². The molecule has 3 aromatic rings. The maximum Gasteiger partial charge on any atom is 0.397 e. The van der Waals surface area contributed by atoms with Crippen LogP contribution < -0.4 is 16.4 Å². The highest BCUT2D eigenvalue weighted by Gasteiger charge is 2.08. The average molecular weight is 663 g/mol. The van der Waals surface area contributed by atoms with Crippen molar-refractivity contribution in [2.24, 2.45) is 0 Å². The molecule has 0 aliphatic carbocycles. The van der Waals surface area contributed by atoms with Crippen LogP contribution in [0.3, 0.4) is 0 Å². The maximum atomic E-state index is 12.0. The third-order valence-corrected chi connectivity index (χ3v) is 8.18. The summed E-state index contributed by atoms with van der Waals surface area (Å²) in [6, 6.07) is 17.4. The van der Waals surface area contributed by atoms with Crippen molar-refractivity contribution in [3.8, 4) is 0 Å². The van der Waals surface area contributed by atoms with Gasteiger partial charge in [0.1, 0.15) is 0 Å². The Hall–Kier alpha value is -2.87. The molecule has 250 valence electrons. The van der Waals surface area contributed by atoms with Gasteiger partial charge in [0.05, 0.1) is 24.8 Å². The Balaban J connectivity index is 0.000000358. The smallest absolute Gasteiger partial charge is 0.387 e. The molecular weight excluding hydrogens is 613 g/mol. The predicted octanol–water partition coefficient (Wildman–Crippen LogP) is 6.50. The standard InChI is InChI=1S/C21H24N4O2S.C12H26O4S/c22-21-25-18(14-28-21)12-20(27)24-17-8-6-15(7-9-17)10-11-23-13-19(26)16-4-2-1-3-5-16;1-2-3-4-5-6-7-8-9-10-11-12-16-17(13,14)15/h1-9,14,19,23,26H,10-13H2,(H2,22,25)(H,24,27);2-12H2,1H3,(H,13,14,15)/t19-;/m0./s1. The number of aliphatic hydroxyl groups is 1. The van der Waals surface area contributed by atoms with Crippen LogP contribution in [0.2, 0.25) is 0 Å². The number of nitrogen functional groups attached to an aromatic ring is 1. The van der Waals surface area contributed by atoms with Gasteiger partial charge in [-0.2, -0.15) is 8.42 Å². The molecule has 1 amide bonds. The lowest BCUT2D eigenvalue weighted by Gasteiger charge is -2.12. The van der Waals surface area contributed by atoms with Crippen molar-refractivity contribution in [3.63, 3.8) is 0 Å². The lowest BCUT2D eigenvalue weighted by molar-refractivity contribution is -0.115. The highest BCUT2D eigenvalue weighted by Crippen LogP contribution is 2.15. The number of anilines is 2. The maximum absolute atomic E-state index is 12.0. The van der Waals surface area contributed by atoms with Crippen molar-refractivity contribution in [3.05, 3.63) is 76.8 Å². The molecule has 0 aliphatic heterocycles. The number of unbranched alkanes of at least 4 members (excludes halogenated alkanes) is 9. The molecule has 12 heteroatoms. The van der Waals surface area contributed by atoms with Gasteiger partial charge in [-0.05, 0) is 42.6 Å². The van der Waals surface area contributed by atoms with Crippen LogP contribution in [0.5, 0.6) is 0 Å². The Bertz CT molecular complexity index is 1300. The number of nitrogens with two attached hydrogens (primary N) is 1. The summed E-state index contributed by atoms with van der Waals surface area (Å²) < 4.78 is 33.0. The number of benzene rings is 2. The second kappa shape index (κ2) is 22.6. The molecule has 1 atom stereocenters. The van der Waals surface area contributed by atoms with Gasteiger partial charge in [0.15, 0.2) is 5.13 Å². The van der Waals surface area contributed by atoms with E-state index < -0.39 is 16.5 Å². The molecule has 0 bridgehead atoms. The van der Waals surface area contributed by atoms with E-state index in [0.29, 0.717) is 23.8 Å². The number of hydrogen-bond acceptors (Lipinski definition) is 9. The van der Waals surface area contributed by atoms with Gasteiger partial charge in [0.25, 0.3) is 0 Å². The van der Waals surface area contributed by atoms with E-state index in [9.17, 15) is 18.3 Å². The zero-order valence-corrected chi connectivity index (χ0v) is 28.0. The van der Waals surface area contributed by atoms with Crippen LogP contribution in [0.15, 0.2) is 60.0 Å².